The number of carboxylic acids is 1. The van der Waals surface area contributed by atoms with E-state index in [9.17, 15) is 24.6 Å². The predicted octanol–water partition coefficient (Wildman–Crippen LogP) is 3.18. The van der Waals surface area contributed by atoms with Crippen LogP contribution in [0.1, 0.15) is 52.4 Å². The number of anilines is 1. The van der Waals surface area contributed by atoms with E-state index >= 15 is 4.39 Å². The minimum atomic E-state index is -1.34. The summed E-state index contributed by atoms with van der Waals surface area (Å²) in [7, 11) is 1.44. The number of amides is 1. The van der Waals surface area contributed by atoms with Crippen LogP contribution >= 0.6 is 0 Å². The number of phenolic OH excluding ortho intramolecular Hbond substituents is 1. The molecule has 11 heteroatoms. The Labute approximate surface area is 229 Å². The fourth-order valence-corrected chi connectivity index (χ4v) is 6.31. The number of methoxy groups -OCH3 is 1. The molecule has 0 bridgehead atoms. The number of nitrogens with one attached hydrogen (secondary N) is 1. The minimum absolute atomic E-state index is 0.00461. The highest BCUT2D eigenvalue weighted by Crippen LogP contribution is 2.45. The van der Waals surface area contributed by atoms with Crippen LogP contribution in [0.25, 0.3) is 10.9 Å². The summed E-state index contributed by atoms with van der Waals surface area (Å²) in [5.74, 6) is -1.96. The van der Waals surface area contributed by atoms with Crippen molar-refractivity contribution in [3.63, 3.8) is 0 Å². The normalized spacial score (nSPS) is 20.9. The second-order valence-electron chi connectivity index (χ2n) is 10.8. The molecule has 1 amide bonds. The van der Waals surface area contributed by atoms with Gasteiger partial charge in [0, 0.05) is 37.9 Å². The number of carboxylic acid groups (broad SMARTS) is 1. The third kappa shape index (κ3) is 4.43. The van der Waals surface area contributed by atoms with Crippen LogP contribution < -0.4 is 20.4 Å². The van der Waals surface area contributed by atoms with Crippen molar-refractivity contribution in [2.24, 2.45) is 5.92 Å². The molecule has 0 radical (unpaired) electrons. The molecule has 3 aliphatic rings. The van der Waals surface area contributed by atoms with Gasteiger partial charge in [-0.05, 0) is 49.8 Å². The molecule has 6 rings (SSSR count). The van der Waals surface area contributed by atoms with Gasteiger partial charge in [0.15, 0.2) is 11.6 Å². The summed E-state index contributed by atoms with van der Waals surface area (Å²) in [6, 6.07) is 7.61. The molecular formula is C29H31FN4O6. The molecule has 1 saturated carbocycles. The number of halogens is 1. The Morgan fingerprint density at radius 3 is 2.62 bits per heavy atom. The smallest absolute Gasteiger partial charge is 0.341 e. The number of aromatic nitrogens is 1. The average Bonchev–Trinajstić information content (AvgIpc) is 3.69. The summed E-state index contributed by atoms with van der Waals surface area (Å²) < 4.78 is 23.3. The molecular weight excluding hydrogens is 519 g/mol. The summed E-state index contributed by atoms with van der Waals surface area (Å²) >= 11 is 0. The van der Waals surface area contributed by atoms with Gasteiger partial charge in [-0.2, -0.15) is 0 Å². The fourth-order valence-electron chi connectivity index (χ4n) is 6.31. The van der Waals surface area contributed by atoms with Crippen molar-refractivity contribution in [3.8, 4) is 11.5 Å². The number of fused-ring (bicyclic) bond motifs is 2. The first kappa shape index (κ1) is 26.1. The number of benzene rings is 2. The van der Waals surface area contributed by atoms with E-state index in [0.29, 0.717) is 25.3 Å². The Balaban J connectivity index is 1.31. The Morgan fingerprint density at radius 2 is 1.93 bits per heavy atom. The Kier molecular flexibility index (Phi) is 6.61. The largest absolute Gasteiger partial charge is 0.507 e. The number of carbonyl (C=O) groups is 2. The van der Waals surface area contributed by atoms with Crippen LogP contribution in [-0.2, 0) is 0 Å². The average molecular weight is 551 g/mol. The first-order chi connectivity index (χ1) is 19.3. The van der Waals surface area contributed by atoms with Crippen molar-refractivity contribution < 1.29 is 28.9 Å². The van der Waals surface area contributed by atoms with Crippen LogP contribution in [0.3, 0.4) is 0 Å². The van der Waals surface area contributed by atoms with Crippen molar-refractivity contribution in [2.45, 2.75) is 37.8 Å². The highest BCUT2D eigenvalue weighted by Gasteiger charge is 2.41. The van der Waals surface area contributed by atoms with Crippen molar-refractivity contribution in [2.75, 3.05) is 38.3 Å². The molecule has 2 aromatic carbocycles. The molecule has 10 nitrogen and oxygen atoms in total. The first-order valence-electron chi connectivity index (χ1n) is 13.5. The standard InChI is InChI=1S/C29H31FN4O6/c1-40-27-24-19(26(36)20(29(38)39)13-34(24)17-8-9-17)11-21(30)25(27)33-12-16-5-4-10-32(22(16)14-33)15-31-28(37)18-6-2-3-7-23(18)35/h2-3,6-7,11,13,16-17,22,35H,4-5,8-10,12,14-15H2,1H3,(H,31,37)(H,38,39). The van der Waals surface area contributed by atoms with Crippen molar-refractivity contribution >= 4 is 28.5 Å². The van der Waals surface area contributed by atoms with Gasteiger partial charge in [0.2, 0.25) is 5.43 Å². The van der Waals surface area contributed by atoms with Gasteiger partial charge in [-0.25, -0.2) is 9.18 Å². The minimum Gasteiger partial charge on any atom is -0.507 e. The zero-order valence-electron chi connectivity index (χ0n) is 22.1. The number of rotatable bonds is 7. The summed E-state index contributed by atoms with van der Waals surface area (Å²) in [6.45, 7) is 2.14. The van der Waals surface area contributed by atoms with Crippen LogP contribution in [0.15, 0.2) is 41.3 Å². The molecule has 2 atom stereocenters. The lowest BCUT2D eigenvalue weighted by Crippen LogP contribution is -2.50. The van der Waals surface area contributed by atoms with Gasteiger partial charge in [-0.3, -0.25) is 14.5 Å². The van der Waals surface area contributed by atoms with Crippen molar-refractivity contribution in [3.05, 3.63) is 63.7 Å². The number of piperidine rings is 1. The van der Waals surface area contributed by atoms with E-state index < -0.39 is 17.2 Å². The van der Waals surface area contributed by atoms with Crippen molar-refractivity contribution in [1.82, 2.24) is 14.8 Å². The van der Waals surface area contributed by atoms with E-state index in [1.54, 1.807) is 22.8 Å². The summed E-state index contributed by atoms with van der Waals surface area (Å²) in [4.78, 5) is 41.6. The molecule has 1 aromatic heterocycles. The number of likely N-dealkylation sites (tertiary alicyclic amines) is 1. The van der Waals surface area contributed by atoms with Gasteiger partial charge in [-0.1, -0.05) is 12.1 Å². The zero-order valence-corrected chi connectivity index (χ0v) is 22.1. The lowest BCUT2D eigenvalue weighted by atomic mass is 9.92. The molecule has 2 aliphatic heterocycles. The molecule has 3 heterocycles. The van der Waals surface area contributed by atoms with Gasteiger partial charge in [0.1, 0.15) is 17.0 Å². The van der Waals surface area contributed by atoms with Crippen LogP contribution in [0, 0.1) is 11.7 Å². The van der Waals surface area contributed by atoms with Gasteiger partial charge in [-0.15, -0.1) is 0 Å². The van der Waals surface area contributed by atoms with Crippen LogP contribution in [0.5, 0.6) is 11.5 Å². The Bertz CT molecular complexity index is 1570. The number of hydrogen-bond acceptors (Lipinski definition) is 7. The number of aromatic hydroxyl groups is 1. The molecule has 0 spiro atoms. The molecule has 40 heavy (non-hydrogen) atoms. The number of phenols is 1. The van der Waals surface area contributed by atoms with E-state index in [0.717, 1.165) is 38.3 Å². The van der Waals surface area contributed by atoms with E-state index in [1.807, 2.05) is 4.90 Å². The quantitative estimate of drug-likeness (QED) is 0.410. The highest BCUT2D eigenvalue weighted by atomic mass is 19.1. The van der Waals surface area contributed by atoms with Gasteiger partial charge < -0.3 is 29.7 Å². The van der Waals surface area contributed by atoms with Gasteiger partial charge in [0.05, 0.1) is 30.2 Å². The lowest BCUT2D eigenvalue weighted by molar-refractivity contribution is 0.0694. The molecule has 3 fully saturated rings. The third-order valence-electron chi connectivity index (χ3n) is 8.38. The first-order valence-corrected chi connectivity index (χ1v) is 13.5. The topological polar surface area (TPSA) is 124 Å². The maximum Gasteiger partial charge on any atom is 0.341 e. The van der Waals surface area contributed by atoms with Crippen molar-refractivity contribution in [1.29, 1.82) is 0 Å². The number of carbonyl (C=O) groups excluding carboxylic acids is 1. The second kappa shape index (κ2) is 10.1. The zero-order chi connectivity index (χ0) is 28.1. The molecule has 3 N–H and O–H groups in total. The summed E-state index contributed by atoms with van der Waals surface area (Å²) in [5, 5.41) is 22.5. The van der Waals surface area contributed by atoms with Gasteiger partial charge >= 0.3 is 5.97 Å². The Hall–Kier alpha value is -4.12. The number of nitrogens with zero attached hydrogens (tertiary/aromatic N) is 3. The van der Waals surface area contributed by atoms with Crippen LogP contribution in [-0.4, -0.2) is 71.0 Å². The maximum atomic E-state index is 15.8. The molecule has 3 aromatic rings. The summed E-state index contributed by atoms with van der Waals surface area (Å²) in [6.07, 6.45) is 4.91. The molecule has 2 unspecified atom stereocenters. The number of aromatic carboxylic acids is 1. The van der Waals surface area contributed by atoms with Crippen LogP contribution in [0.4, 0.5) is 10.1 Å². The predicted molar refractivity (Wildman–Crippen MR) is 146 cm³/mol. The second-order valence-corrected chi connectivity index (χ2v) is 10.8. The maximum absolute atomic E-state index is 15.8. The monoisotopic (exact) mass is 550 g/mol. The lowest BCUT2D eigenvalue weighted by Gasteiger charge is -2.36. The number of pyridine rings is 1. The summed E-state index contributed by atoms with van der Waals surface area (Å²) in [5.41, 5.74) is -0.232. The van der Waals surface area contributed by atoms with Gasteiger partial charge in [0.25, 0.3) is 5.91 Å². The highest BCUT2D eigenvalue weighted by molar-refractivity contribution is 5.97. The molecule has 2 saturated heterocycles. The van der Waals surface area contributed by atoms with E-state index in [-0.39, 0.29) is 57.6 Å². The SMILES string of the molecule is COc1c(N2CC3CCCN(CNC(=O)c4ccccc4O)C3C2)c(F)cc2c(=O)c(C(=O)O)cn(C3CC3)c12. The number of para-hydroxylation sites is 1. The molecule has 1 aliphatic carbocycles. The Morgan fingerprint density at radius 1 is 1.15 bits per heavy atom. The third-order valence-corrected chi connectivity index (χ3v) is 8.38. The van der Waals surface area contributed by atoms with E-state index in [4.69, 9.17) is 4.74 Å². The van der Waals surface area contributed by atoms with E-state index in [1.165, 1.54) is 19.4 Å². The fraction of sp³-hybridized carbons (Fsp3) is 0.414. The van der Waals surface area contributed by atoms with E-state index in [2.05, 4.69) is 10.2 Å². The number of ether oxygens (including phenoxy) is 1. The van der Waals surface area contributed by atoms with Crippen LogP contribution in [0.2, 0.25) is 0 Å². The molecule has 210 valence electrons. The number of hydrogen-bond donors (Lipinski definition) is 3.